The summed E-state index contributed by atoms with van der Waals surface area (Å²) >= 11 is 3.66. The van der Waals surface area contributed by atoms with Crippen molar-refractivity contribution in [2.75, 3.05) is 19.8 Å². The number of hydrogen-bond acceptors (Lipinski definition) is 2. The van der Waals surface area contributed by atoms with Crippen molar-refractivity contribution in [3.05, 3.63) is 34.3 Å². The molecule has 1 fully saturated rings. The molecule has 1 aromatic rings. The quantitative estimate of drug-likeness (QED) is 0.739. The minimum atomic E-state index is 0.535. The van der Waals surface area contributed by atoms with E-state index in [0.717, 1.165) is 32.2 Å². The summed E-state index contributed by atoms with van der Waals surface area (Å²) in [4.78, 5) is 0. The normalized spacial score (nSPS) is 16.8. The molecule has 0 aliphatic heterocycles. The molecule has 2 rings (SSSR count). The molecule has 2 nitrogen and oxygen atoms in total. The van der Waals surface area contributed by atoms with E-state index in [0.29, 0.717) is 5.92 Å². The summed E-state index contributed by atoms with van der Waals surface area (Å²) in [6, 6.07) is 9.30. The molecule has 0 aromatic heterocycles. The summed E-state index contributed by atoms with van der Waals surface area (Å²) < 4.78 is 6.72. The van der Waals surface area contributed by atoms with Crippen molar-refractivity contribution in [2.24, 2.45) is 0 Å². The molecule has 0 bridgehead atoms. The van der Waals surface area contributed by atoms with Gasteiger partial charge in [0.2, 0.25) is 0 Å². The van der Waals surface area contributed by atoms with Crippen LogP contribution in [0.4, 0.5) is 0 Å². The van der Waals surface area contributed by atoms with Gasteiger partial charge in [0.05, 0.1) is 0 Å². The molecule has 1 unspecified atom stereocenters. The predicted molar refractivity (Wildman–Crippen MR) is 79.0 cm³/mol. The first-order valence-corrected chi connectivity index (χ1v) is 7.66. The maximum Gasteiger partial charge on any atom is 0.0472 e. The van der Waals surface area contributed by atoms with Crippen molar-refractivity contribution in [1.29, 1.82) is 0 Å². The van der Waals surface area contributed by atoms with E-state index < -0.39 is 0 Å². The minimum Gasteiger partial charge on any atom is -0.382 e. The van der Waals surface area contributed by atoms with Crippen LogP contribution in [0, 0.1) is 0 Å². The molecular formula is C15H22BrNO. The van der Waals surface area contributed by atoms with Gasteiger partial charge in [0.15, 0.2) is 0 Å². The lowest BCUT2D eigenvalue weighted by atomic mass is 9.96. The van der Waals surface area contributed by atoms with E-state index in [1.165, 1.54) is 22.9 Å². The molecule has 1 aliphatic carbocycles. The Morgan fingerprint density at radius 3 is 2.83 bits per heavy atom. The SMILES string of the molecule is CCOCCC(CNC1CC1)c1ccccc1Br. The lowest BCUT2D eigenvalue weighted by Crippen LogP contribution is -2.24. The van der Waals surface area contributed by atoms with Crippen LogP contribution in [0.15, 0.2) is 28.7 Å². The molecule has 0 heterocycles. The zero-order chi connectivity index (χ0) is 12.8. The third-order valence-corrected chi connectivity index (χ3v) is 4.11. The molecule has 0 spiro atoms. The van der Waals surface area contributed by atoms with Gasteiger partial charge in [-0.2, -0.15) is 0 Å². The van der Waals surface area contributed by atoms with Gasteiger partial charge < -0.3 is 10.1 Å². The van der Waals surface area contributed by atoms with Crippen LogP contribution in [0.1, 0.15) is 37.7 Å². The standard InChI is InChI=1S/C15H22BrNO/c1-2-18-10-9-12(11-17-13-7-8-13)14-5-3-4-6-15(14)16/h3-6,12-13,17H,2,7-11H2,1H3. The van der Waals surface area contributed by atoms with E-state index in [1.54, 1.807) is 0 Å². The molecular weight excluding hydrogens is 290 g/mol. The first-order chi connectivity index (χ1) is 8.81. The van der Waals surface area contributed by atoms with Crippen LogP contribution in [-0.2, 0) is 4.74 Å². The Morgan fingerprint density at radius 1 is 1.39 bits per heavy atom. The van der Waals surface area contributed by atoms with Gasteiger partial charge in [-0.05, 0) is 43.7 Å². The van der Waals surface area contributed by atoms with Crippen LogP contribution in [0.5, 0.6) is 0 Å². The molecule has 0 amide bonds. The number of nitrogens with one attached hydrogen (secondary N) is 1. The zero-order valence-corrected chi connectivity index (χ0v) is 12.6. The van der Waals surface area contributed by atoms with Crippen LogP contribution in [0.2, 0.25) is 0 Å². The topological polar surface area (TPSA) is 21.3 Å². The van der Waals surface area contributed by atoms with E-state index in [9.17, 15) is 0 Å². The van der Waals surface area contributed by atoms with Gasteiger partial charge in [-0.3, -0.25) is 0 Å². The van der Waals surface area contributed by atoms with Crippen LogP contribution in [0.3, 0.4) is 0 Å². The second-order valence-electron chi connectivity index (χ2n) is 4.89. The van der Waals surface area contributed by atoms with Crippen LogP contribution >= 0.6 is 15.9 Å². The monoisotopic (exact) mass is 311 g/mol. The summed E-state index contributed by atoms with van der Waals surface area (Å²) in [5.74, 6) is 0.535. The number of rotatable bonds is 8. The van der Waals surface area contributed by atoms with Gasteiger partial charge in [-0.25, -0.2) is 0 Å². The number of benzene rings is 1. The molecule has 0 saturated heterocycles. The van der Waals surface area contributed by atoms with Crippen LogP contribution < -0.4 is 5.32 Å². The molecule has 100 valence electrons. The second kappa shape index (κ2) is 7.27. The number of halogens is 1. The van der Waals surface area contributed by atoms with Gasteiger partial charge in [-0.15, -0.1) is 0 Å². The summed E-state index contributed by atoms with van der Waals surface area (Å²) in [5, 5.41) is 3.63. The Bertz CT molecular complexity index is 365. The maximum atomic E-state index is 5.50. The van der Waals surface area contributed by atoms with Crippen molar-refractivity contribution >= 4 is 15.9 Å². The van der Waals surface area contributed by atoms with Gasteiger partial charge in [-0.1, -0.05) is 34.1 Å². The lowest BCUT2D eigenvalue weighted by Gasteiger charge is -2.19. The molecule has 1 aromatic carbocycles. The average Bonchev–Trinajstić information content (AvgIpc) is 3.19. The Balaban J connectivity index is 1.95. The second-order valence-corrected chi connectivity index (χ2v) is 5.74. The third-order valence-electron chi connectivity index (χ3n) is 3.39. The van der Waals surface area contributed by atoms with E-state index in [-0.39, 0.29) is 0 Å². The predicted octanol–water partition coefficient (Wildman–Crippen LogP) is 3.71. The molecule has 18 heavy (non-hydrogen) atoms. The highest BCUT2D eigenvalue weighted by atomic mass is 79.9. The Kier molecular flexibility index (Phi) is 5.67. The molecule has 0 radical (unpaired) electrons. The lowest BCUT2D eigenvalue weighted by molar-refractivity contribution is 0.139. The minimum absolute atomic E-state index is 0.535. The van der Waals surface area contributed by atoms with Gasteiger partial charge in [0.1, 0.15) is 0 Å². The van der Waals surface area contributed by atoms with Crippen molar-refractivity contribution in [2.45, 2.75) is 38.1 Å². The Labute approximate surface area is 118 Å². The highest BCUT2D eigenvalue weighted by Gasteiger charge is 2.23. The molecule has 1 N–H and O–H groups in total. The molecule has 1 atom stereocenters. The van der Waals surface area contributed by atoms with Gasteiger partial charge in [0.25, 0.3) is 0 Å². The first-order valence-electron chi connectivity index (χ1n) is 6.86. The zero-order valence-electron chi connectivity index (χ0n) is 11.0. The fourth-order valence-electron chi connectivity index (χ4n) is 2.14. The molecule has 1 aliphatic rings. The van der Waals surface area contributed by atoms with E-state index in [2.05, 4.69) is 52.4 Å². The summed E-state index contributed by atoms with van der Waals surface area (Å²) in [6.07, 6.45) is 3.76. The van der Waals surface area contributed by atoms with E-state index >= 15 is 0 Å². The van der Waals surface area contributed by atoms with Crippen molar-refractivity contribution in [3.8, 4) is 0 Å². The van der Waals surface area contributed by atoms with E-state index in [4.69, 9.17) is 4.74 Å². The third kappa shape index (κ3) is 4.38. The molecule has 3 heteroatoms. The highest BCUT2D eigenvalue weighted by molar-refractivity contribution is 9.10. The fraction of sp³-hybridized carbons (Fsp3) is 0.600. The smallest absolute Gasteiger partial charge is 0.0472 e. The van der Waals surface area contributed by atoms with Crippen LogP contribution in [0.25, 0.3) is 0 Å². The average molecular weight is 312 g/mol. The number of ether oxygens (including phenoxy) is 1. The number of hydrogen-bond donors (Lipinski definition) is 1. The van der Waals surface area contributed by atoms with Crippen molar-refractivity contribution in [3.63, 3.8) is 0 Å². The van der Waals surface area contributed by atoms with Crippen molar-refractivity contribution in [1.82, 2.24) is 5.32 Å². The summed E-state index contributed by atoms with van der Waals surface area (Å²) in [5.41, 5.74) is 1.39. The van der Waals surface area contributed by atoms with Gasteiger partial charge >= 0.3 is 0 Å². The Hall–Kier alpha value is -0.380. The fourth-order valence-corrected chi connectivity index (χ4v) is 2.75. The van der Waals surface area contributed by atoms with Crippen LogP contribution in [-0.4, -0.2) is 25.8 Å². The highest BCUT2D eigenvalue weighted by Crippen LogP contribution is 2.28. The Morgan fingerprint density at radius 2 is 2.17 bits per heavy atom. The largest absolute Gasteiger partial charge is 0.382 e. The maximum absolute atomic E-state index is 5.50. The molecule has 1 saturated carbocycles. The van der Waals surface area contributed by atoms with E-state index in [1.807, 2.05) is 0 Å². The first kappa shape index (κ1) is 14.0. The van der Waals surface area contributed by atoms with Gasteiger partial charge in [0, 0.05) is 30.3 Å². The summed E-state index contributed by atoms with van der Waals surface area (Å²) in [7, 11) is 0. The summed E-state index contributed by atoms with van der Waals surface area (Å²) in [6.45, 7) is 4.75. The van der Waals surface area contributed by atoms with Crippen molar-refractivity contribution < 1.29 is 4.74 Å².